The van der Waals surface area contributed by atoms with Gasteiger partial charge in [-0.05, 0) is 178 Å². The van der Waals surface area contributed by atoms with Gasteiger partial charge in [0.15, 0.2) is 0 Å². The molecule has 0 bridgehead atoms. The third-order valence-corrected chi connectivity index (χ3v) is 15.1. The first-order valence-electron chi connectivity index (χ1n) is 32.2. The highest BCUT2D eigenvalue weighted by atomic mass is 16.2. The van der Waals surface area contributed by atoms with E-state index in [2.05, 4.69) is 53.2 Å². The Bertz CT molecular complexity index is 2370. The topological polar surface area (TPSA) is 464 Å². The average molecular weight is 1260 g/mol. The number of nitrogens with two attached hydrogens (primary N) is 6. The molecule has 89 heavy (non-hydrogen) atoms. The zero-order chi connectivity index (χ0) is 66.4. The van der Waals surface area contributed by atoms with Gasteiger partial charge in [0.05, 0.1) is 0 Å². The summed E-state index contributed by atoms with van der Waals surface area (Å²) in [6.07, 6.45) is 3.79. The van der Waals surface area contributed by atoms with Crippen LogP contribution in [0.25, 0.3) is 0 Å². The first-order valence-corrected chi connectivity index (χ1v) is 32.2. The van der Waals surface area contributed by atoms with Crippen LogP contribution in [0.2, 0.25) is 0 Å². The number of primary amides is 1. The minimum absolute atomic E-state index is 0.0145. The number of carbonyl (C=O) groups is 11. The van der Waals surface area contributed by atoms with E-state index in [4.69, 9.17) is 34.4 Å². The highest BCUT2D eigenvalue weighted by molar-refractivity contribution is 5.99. The smallest absolute Gasteiger partial charge is 0.243 e. The molecule has 0 radical (unpaired) electrons. The number of hydrogen-bond donors (Lipinski definition) is 16. The van der Waals surface area contributed by atoms with E-state index in [9.17, 15) is 52.7 Å². The molecule has 0 aliphatic carbocycles. The van der Waals surface area contributed by atoms with Crippen LogP contribution in [-0.4, -0.2) is 158 Å². The molecule has 0 aromatic heterocycles. The Morgan fingerprint density at radius 3 is 0.775 bits per heavy atom. The molecule has 504 valence electrons. The van der Waals surface area contributed by atoms with Gasteiger partial charge in [0.25, 0.3) is 0 Å². The van der Waals surface area contributed by atoms with Gasteiger partial charge in [0, 0.05) is 12.8 Å². The predicted octanol–water partition coefficient (Wildman–Crippen LogP) is -0.861. The van der Waals surface area contributed by atoms with Crippen molar-refractivity contribution in [3.8, 4) is 0 Å². The van der Waals surface area contributed by atoms with Crippen molar-refractivity contribution in [2.45, 2.75) is 237 Å². The molecule has 1 aromatic rings. The SMILES string of the molecule is CC(C)C[C@@H]1NC(=O)[C@H](CCCCN)NC(=O)[C@H](CC(C)C)NC(=O)[C@H](Cc2ccccc2)NC(=O)[C@H](CCCCN)NC(=O)[C@H](CC(C)C)NC(=O)[C@H](CCCCN)NC(=O)[C@H](CCCCN)NC(=O)[C@H](CCCCN)NC(=O)[C@H](CCC(N)=O)NC1=O. The molecule has 0 spiro atoms. The molecular formula is C62H110N16O11. The number of unbranched alkanes of at least 4 members (excludes halogenated alkanes) is 5. The number of carbonyl (C=O) groups excluding carboxylic acids is 11. The molecule has 22 N–H and O–H groups in total. The fourth-order valence-electron chi connectivity index (χ4n) is 10.3. The number of amides is 11. The maximum atomic E-state index is 14.8. The Balaban J connectivity index is 3.01. The van der Waals surface area contributed by atoms with Gasteiger partial charge in [-0.1, -0.05) is 71.9 Å². The van der Waals surface area contributed by atoms with Crippen LogP contribution >= 0.6 is 0 Å². The highest BCUT2D eigenvalue weighted by Crippen LogP contribution is 2.16. The Labute approximate surface area is 526 Å². The van der Waals surface area contributed by atoms with Crippen LogP contribution in [0, 0.1) is 17.8 Å². The third kappa shape index (κ3) is 31.5. The van der Waals surface area contributed by atoms with Gasteiger partial charge in [0.1, 0.15) is 60.4 Å². The van der Waals surface area contributed by atoms with Crippen molar-refractivity contribution in [3.05, 3.63) is 35.9 Å². The third-order valence-electron chi connectivity index (χ3n) is 15.1. The average Bonchev–Trinajstić information content (AvgIpc) is 3.46. The van der Waals surface area contributed by atoms with E-state index >= 15 is 0 Å². The van der Waals surface area contributed by atoms with Crippen molar-refractivity contribution in [1.82, 2.24) is 53.2 Å². The summed E-state index contributed by atoms with van der Waals surface area (Å²) in [6, 6.07) is -4.29. The lowest BCUT2D eigenvalue weighted by atomic mass is 9.99. The van der Waals surface area contributed by atoms with Crippen LogP contribution in [0.15, 0.2) is 30.3 Å². The van der Waals surface area contributed by atoms with E-state index in [1.807, 2.05) is 27.7 Å². The minimum atomic E-state index is -1.50. The van der Waals surface area contributed by atoms with Gasteiger partial charge < -0.3 is 87.6 Å². The molecule has 1 fully saturated rings. The first kappa shape index (κ1) is 78.3. The quantitative estimate of drug-likeness (QED) is 0.0402. The van der Waals surface area contributed by atoms with Gasteiger partial charge in [-0.2, -0.15) is 0 Å². The van der Waals surface area contributed by atoms with Crippen molar-refractivity contribution in [2.75, 3.05) is 32.7 Å². The van der Waals surface area contributed by atoms with E-state index in [-0.39, 0.29) is 121 Å². The molecular weight excluding hydrogens is 1140 g/mol. The fourth-order valence-corrected chi connectivity index (χ4v) is 10.3. The van der Waals surface area contributed by atoms with Crippen LogP contribution in [-0.2, 0) is 59.2 Å². The second-order valence-electron chi connectivity index (χ2n) is 24.6. The monoisotopic (exact) mass is 1250 g/mol. The predicted molar refractivity (Wildman–Crippen MR) is 341 cm³/mol. The number of rotatable bonds is 31. The standard InChI is InChI=1S/C62H110N16O11/c1-38(2)34-48-59(86)73-46(26-14-19-33-67)57(84)78-51(37-41-20-8-7-9-21-41)62(89)77-50(36-40(5)6)60(87)72-45(25-13-18-32-66)56(83)76-49(35-39(3)4)61(88)74-47(27-28-52(68)79)58(85)71-43(23-11-16-30-64)54(81)69-42(22-10-15-29-63)53(80)70-44(55(82)75-48)24-12-17-31-65/h7-9,20-21,38-40,42-51H,10-19,22-37,63-67H2,1-6H3,(H2,68,79)(H,69,81)(H,70,80)(H,71,85)(H,72,87)(H,73,86)(H,74,88)(H,75,82)(H,76,83)(H,77,89)(H,78,84)/t42-,43-,44-,45-,46-,47-,48-,49-,50-,51-/m0/s1. The number of nitrogens with one attached hydrogen (secondary N) is 10. The summed E-state index contributed by atoms with van der Waals surface area (Å²) in [5.74, 6) is -9.14. The molecule has 2 rings (SSSR count). The van der Waals surface area contributed by atoms with E-state index < -0.39 is 125 Å². The lowest BCUT2D eigenvalue weighted by Gasteiger charge is -2.30. The summed E-state index contributed by atoms with van der Waals surface area (Å²) in [7, 11) is 0. The zero-order valence-electron chi connectivity index (χ0n) is 53.7. The fraction of sp³-hybridized carbons (Fsp3) is 0.726. The molecule has 27 nitrogen and oxygen atoms in total. The normalized spacial score (nSPS) is 23.9. The zero-order valence-corrected chi connectivity index (χ0v) is 53.7. The number of benzene rings is 1. The Kier molecular flexibility index (Phi) is 38.5. The minimum Gasteiger partial charge on any atom is -0.370 e. The van der Waals surface area contributed by atoms with E-state index in [1.54, 1.807) is 44.2 Å². The molecule has 11 amide bonds. The summed E-state index contributed by atoms with van der Waals surface area (Å²) < 4.78 is 0. The molecule has 0 unspecified atom stereocenters. The van der Waals surface area contributed by atoms with Crippen LogP contribution in [0.3, 0.4) is 0 Å². The molecule has 1 aliphatic rings. The van der Waals surface area contributed by atoms with Crippen molar-refractivity contribution in [1.29, 1.82) is 0 Å². The Hall–Kier alpha value is -6.81. The molecule has 27 heteroatoms. The first-order chi connectivity index (χ1) is 42.4. The summed E-state index contributed by atoms with van der Waals surface area (Å²) in [5, 5.41) is 27.9. The van der Waals surface area contributed by atoms with Gasteiger partial charge >= 0.3 is 0 Å². The molecule has 0 saturated carbocycles. The van der Waals surface area contributed by atoms with Crippen LogP contribution < -0.4 is 87.6 Å². The van der Waals surface area contributed by atoms with Crippen LogP contribution in [0.5, 0.6) is 0 Å². The summed E-state index contributed by atoms with van der Waals surface area (Å²) in [4.78, 5) is 158. The molecule has 1 saturated heterocycles. The van der Waals surface area contributed by atoms with Crippen molar-refractivity contribution >= 4 is 65.0 Å². The van der Waals surface area contributed by atoms with Gasteiger partial charge in [-0.25, -0.2) is 0 Å². The summed E-state index contributed by atoms with van der Waals surface area (Å²) in [6.45, 7) is 12.3. The van der Waals surface area contributed by atoms with Gasteiger partial charge in [-0.3, -0.25) is 52.7 Å². The maximum Gasteiger partial charge on any atom is 0.243 e. The van der Waals surface area contributed by atoms with Crippen LogP contribution in [0.1, 0.15) is 176 Å². The van der Waals surface area contributed by atoms with Gasteiger partial charge in [0.2, 0.25) is 65.0 Å². The van der Waals surface area contributed by atoms with Gasteiger partial charge in [-0.15, -0.1) is 0 Å². The Morgan fingerprint density at radius 1 is 0.326 bits per heavy atom. The number of hydrogen-bond acceptors (Lipinski definition) is 16. The lowest BCUT2D eigenvalue weighted by Crippen LogP contribution is -2.61. The van der Waals surface area contributed by atoms with Crippen LogP contribution in [0.4, 0.5) is 0 Å². The molecule has 10 atom stereocenters. The van der Waals surface area contributed by atoms with Crippen molar-refractivity contribution in [2.24, 2.45) is 52.2 Å². The second kappa shape index (κ2) is 43.8. The lowest BCUT2D eigenvalue weighted by molar-refractivity contribution is -0.137. The largest absolute Gasteiger partial charge is 0.370 e. The molecule has 1 aliphatic heterocycles. The van der Waals surface area contributed by atoms with Crippen molar-refractivity contribution in [3.63, 3.8) is 0 Å². The summed E-state index contributed by atoms with van der Waals surface area (Å²) in [5.41, 5.74) is 35.5. The second-order valence-corrected chi connectivity index (χ2v) is 24.6. The van der Waals surface area contributed by atoms with E-state index in [0.717, 1.165) is 0 Å². The summed E-state index contributed by atoms with van der Waals surface area (Å²) >= 11 is 0. The highest BCUT2D eigenvalue weighted by Gasteiger charge is 2.37. The Morgan fingerprint density at radius 2 is 0.539 bits per heavy atom. The van der Waals surface area contributed by atoms with E-state index in [0.29, 0.717) is 69.8 Å². The van der Waals surface area contributed by atoms with E-state index in [1.165, 1.54) is 0 Å². The molecule has 1 aromatic carbocycles. The van der Waals surface area contributed by atoms with Crippen molar-refractivity contribution < 1.29 is 52.7 Å². The molecule has 1 heterocycles. The maximum absolute atomic E-state index is 14.8.